The van der Waals surface area contributed by atoms with Crippen molar-refractivity contribution in [3.05, 3.63) is 84.0 Å². The number of carbonyl (C=O) groups is 1. The molecule has 4 heterocycles. The monoisotopic (exact) mass is 355 g/mol. The van der Waals surface area contributed by atoms with E-state index >= 15 is 0 Å². The molecule has 0 unspecified atom stereocenters. The Kier molecular flexibility index (Phi) is 3.71. The van der Waals surface area contributed by atoms with Crippen molar-refractivity contribution in [2.75, 3.05) is 6.54 Å². The standard InChI is InChI=1S/C22H17N3O2/c26-22(19-6-3-5-18(24-19)15-8-11-23-12-9-15)25-13-10-21-17(14-25)16-4-1-2-7-20(16)27-21/h1-9,11-12H,10,13-14H2. The fraction of sp³-hybridized carbons (Fsp3) is 0.136. The third kappa shape index (κ3) is 2.77. The summed E-state index contributed by atoms with van der Waals surface area (Å²) in [5.74, 6) is 0.931. The summed E-state index contributed by atoms with van der Waals surface area (Å²) in [6.07, 6.45) is 4.17. The average Bonchev–Trinajstić information content (AvgIpc) is 3.12. The van der Waals surface area contributed by atoms with Gasteiger partial charge in [-0.25, -0.2) is 4.98 Å². The summed E-state index contributed by atoms with van der Waals surface area (Å²) in [6.45, 7) is 1.18. The molecule has 5 rings (SSSR count). The lowest BCUT2D eigenvalue weighted by atomic mass is 10.0. The van der Waals surface area contributed by atoms with Gasteiger partial charge in [0.25, 0.3) is 5.91 Å². The predicted molar refractivity (Wildman–Crippen MR) is 102 cm³/mol. The van der Waals surface area contributed by atoms with E-state index in [1.165, 1.54) is 0 Å². The van der Waals surface area contributed by atoms with Gasteiger partial charge in [0.2, 0.25) is 0 Å². The number of nitrogens with zero attached hydrogens (tertiary/aromatic N) is 3. The van der Waals surface area contributed by atoms with E-state index in [1.54, 1.807) is 18.5 Å². The number of rotatable bonds is 2. The van der Waals surface area contributed by atoms with Crippen LogP contribution in [0.1, 0.15) is 21.8 Å². The summed E-state index contributed by atoms with van der Waals surface area (Å²) in [6, 6.07) is 17.3. The molecule has 0 saturated carbocycles. The number of aromatic nitrogens is 2. The van der Waals surface area contributed by atoms with Gasteiger partial charge in [0, 0.05) is 41.9 Å². The van der Waals surface area contributed by atoms with E-state index in [4.69, 9.17) is 4.42 Å². The lowest BCUT2D eigenvalue weighted by molar-refractivity contribution is 0.0725. The van der Waals surface area contributed by atoms with Crippen molar-refractivity contribution in [3.63, 3.8) is 0 Å². The molecule has 0 fully saturated rings. The number of fused-ring (bicyclic) bond motifs is 3. The highest BCUT2D eigenvalue weighted by atomic mass is 16.3. The molecule has 0 spiro atoms. The van der Waals surface area contributed by atoms with E-state index in [1.807, 2.05) is 53.4 Å². The van der Waals surface area contributed by atoms with E-state index in [-0.39, 0.29) is 5.91 Å². The van der Waals surface area contributed by atoms with Crippen LogP contribution in [0.25, 0.3) is 22.2 Å². The summed E-state index contributed by atoms with van der Waals surface area (Å²) in [7, 11) is 0. The molecule has 4 aromatic rings. The van der Waals surface area contributed by atoms with E-state index < -0.39 is 0 Å². The minimum Gasteiger partial charge on any atom is -0.461 e. The van der Waals surface area contributed by atoms with Crippen molar-refractivity contribution in [1.29, 1.82) is 0 Å². The lowest BCUT2D eigenvalue weighted by Crippen LogP contribution is -2.36. The first-order valence-corrected chi connectivity index (χ1v) is 8.95. The van der Waals surface area contributed by atoms with Crippen molar-refractivity contribution in [2.45, 2.75) is 13.0 Å². The van der Waals surface area contributed by atoms with Gasteiger partial charge in [0.15, 0.2) is 0 Å². The van der Waals surface area contributed by atoms with Gasteiger partial charge in [-0.2, -0.15) is 0 Å². The summed E-state index contributed by atoms with van der Waals surface area (Å²) >= 11 is 0. The number of carbonyl (C=O) groups excluding carboxylic acids is 1. The van der Waals surface area contributed by atoms with Crippen LogP contribution in [-0.4, -0.2) is 27.3 Å². The Balaban J connectivity index is 1.45. The Hall–Kier alpha value is -3.47. The molecule has 0 aliphatic carbocycles. The Morgan fingerprint density at radius 2 is 1.85 bits per heavy atom. The molecule has 5 heteroatoms. The number of furan rings is 1. The first-order chi connectivity index (χ1) is 13.3. The fourth-order valence-electron chi connectivity index (χ4n) is 3.60. The molecular weight excluding hydrogens is 338 g/mol. The SMILES string of the molecule is O=C(c1cccc(-c2ccncc2)n1)N1CCc2oc3ccccc3c2C1. The predicted octanol–water partition coefficient (Wildman–Crippen LogP) is 4.09. The van der Waals surface area contributed by atoms with Crippen LogP contribution in [0.4, 0.5) is 0 Å². The molecule has 132 valence electrons. The van der Waals surface area contributed by atoms with Crippen LogP contribution in [0.15, 0.2) is 71.4 Å². The molecule has 0 radical (unpaired) electrons. The van der Waals surface area contributed by atoms with E-state index in [9.17, 15) is 4.79 Å². The van der Waals surface area contributed by atoms with Crippen molar-refractivity contribution in [1.82, 2.24) is 14.9 Å². The minimum atomic E-state index is -0.0539. The third-order valence-electron chi connectivity index (χ3n) is 4.97. The fourth-order valence-corrected chi connectivity index (χ4v) is 3.60. The molecule has 5 nitrogen and oxygen atoms in total. The van der Waals surface area contributed by atoms with Gasteiger partial charge in [0.1, 0.15) is 17.0 Å². The minimum absolute atomic E-state index is 0.0539. The summed E-state index contributed by atoms with van der Waals surface area (Å²) in [4.78, 5) is 23.5. The zero-order valence-electron chi connectivity index (χ0n) is 14.6. The molecular formula is C22H17N3O2. The molecule has 1 aromatic carbocycles. The van der Waals surface area contributed by atoms with Crippen LogP contribution in [0.2, 0.25) is 0 Å². The maximum absolute atomic E-state index is 13.1. The zero-order valence-corrected chi connectivity index (χ0v) is 14.6. The normalized spacial score (nSPS) is 13.6. The van der Waals surface area contributed by atoms with Gasteiger partial charge >= 0.3 is 0 Å². The van der Waals surface area contributed by atoms with Gasteiger partial charge in [0.05, 0.1) is 12.2 Å². The second kappa shape index (κ2) is 6.36. The molecule has 0 bridgehead atoms. The van der Waals surface area contributed by atoms with Crippen LogP contribution >= 0.6 is 0 Å². The highest BCUT2D eigenvalue weighted by molar-refractivity contribution is 5.93. The molecule has 0 saturated heterocycles. The Morgan fingerprint density at radius 3 is 2.74 bits per heavy atom. The third-order valence-corrected chi connectivity index (χ3v) is 4.97. The topological polar surface area (TPSA) is 59.2 Å². The van der Waals surface area contributed by atoms with Crippen LogP contribution < -0.4 is 0 Å². The first-order valence-electron chi connectivity index (χ1n) is 8.95. The highest BCUT2D eigenvalue weighted by Gasteiger charge is 2.26. The number of amides is 1. The van der Waals surface area contributed by atoms with Crippen LogP contribution in [0.5, 0.6) is 0 Å². The van der Waals surface area contributed by atoms with Gasteiger partial charge < -0.3 is 9.32 Å². The Labute approximate surface area is 156 Å². The Bertz CT molecular complexity index is 1130. The number of para-hydroxylation sites is 1. The number of hydrogen-bond donors (Lipinski definition) is 0. The quantitative estimate of drug-likeness (QED) is 0.543. The second-order valence-electron chi connectivity index (χ2n) is 6.62. The molecule has 27 heavy (non-hydrogen) atoms. The van der Waals surface area contributed by atoms with Crippen LogP contribution in [-0.2, 0) is 13.0 Å². The average molecular weight is 355 g/mol. The van der Waals surface area contributed by atoms with Crippen molar-refractivity contribution >= 4 is 16.9 Å². The van der Waals surface area contributed by atoms with Gasteiger partial charge in [-0.1, -0.05) is 24.3 Å². The Morgan fingerprint density at radius 1 is 1.00 bits per heavy atom. The smallest absolute Gasteiger partial charge is 0.272 e. The first kappa shape index (κ1) is 15.8. The highest BCUT2D eigenvalue weighted by Crippen LogP contribution is 2.31. The lowest BCUT2D eigenvalue weighted by Gasteiger charge is -2.26. The van der Waals surface area contributed by atoms with Crippen molar-refractivity contribution in [2.24, 2.45) is 0 Å². The molecule has 1 aliphatic heterocycles. The summed E-state index contributed by atoms with van der Waals surface area (Å²) < 4.78 is 5.94. The van der Waals surface area contributed by atoms with E-state index in [2.05, 4.69) is 9.97 Å². The van der Waals surface area contributed by atoms with Crippen molar-refractivity contribution in [3.8, 4) is 11.3 Å². The van der Waals surface area contributed by atoms with E-state index in [0.717, 1.165) is 40.0 Å². The number of pyridine rings is 2. The van der Waals surface area contributed by atoms with E-state index in [0.29, 0.717) is 18.8 Å². The molecule has 3 aromatic heterocycles. The number of benzene rings is 1. The molecule has 1 amide bonds. The molecule has 0 atom stereocenters. The van der Waals surface area contributed by atoms with Gasteiger partial charge in [-0.3, -0.25) is 9.78 Å². The summed E-state index contributed by atoms with van der Waals surface area (Å²) in [5, 5.41) is 1.09. The largest absolute Gasteiger partial charge is 0.461 e. The van der Waals surface area contributed by atoms with Crippen LogP contribution in [0.3, 0.4) is 0 Å². The maximum Gasteiger partial charge on any atom is 0.272 e. The molecule has 1 aliphatic rings. The number of hydrogen-bond acceptors (Lipinski definition) is 4. The zero-order chi connectivity index (χ0) is 18.2. The van der Waals surface area contributed by atoms with Gasteiger partial charge in [-0.05, 0) is 30.3 Å². The van der Waals surface area contributed by atoms with Gasteiger partial charge in [-0.15, -0.1) is 0 Å². The second-order valence-corrected chi connectivity index (χ2v) is 6.62. The van der Waals surface area contributed by atoms with Crippen LogP contribution in [0, 0.1) is 0 Å². The maximum atomic E-state index is 13.1. The molecule has 0 N–H and O–H groups in total. The summed E-state index contributed by atoms with van der Waals surface area (Å²) in [5.41, 5.74) is 4.17. The van der Waals surface area contributed by atoms with Crippen molar-refractivity contribution < 1.29 is 9.21 Å².